The Labute approximate surface area is 81.2 Å². The van der Waals surface area contributed by atoms with Crippen molar-refractivity contribution < 1.29 is 0 Å². The van der Waals surface area contributed by atoms with Crippen LogP contribution in [-0.4, -0.2) is 9.55 Å². The van der Waals surface area contributed by atoms with Crippen molar-refractivity contribution in [1.29, 1.82) is 0 Å². The molecule has 0 amide bonds. The molecule has 0 bridgehead atoms. The average Bonchev–Trinajstić information content (AvgIpc) is 2.32. The first-order valence-electron chi connectivity index (χ1n) is 3.79. The first-order chi connectivity index (χ1) is 5.13. The van der Waals surface area contributed by atoms with Crippen LogP contribution in [0.5, 0.6) is 0 Å². The van der Waals surface area contributed by atoms with Gasteiger partial charge in [0.1, 0.15) is 5.82 Å². The maximum atomic E-state index is 4.29. The summed E-state index contributed by atoms with van der Waals surface area (Å²) in [5, 5.41) is 0. The summed E-state index contributed by atoms with van der Waals surface area (Å²) in [6.45, 7) is 6.50. The highest BCUT2D eigenvalue weighted by molar-refractivity contribution is 14.1. The quantitative estimate of drug-likeness (QED) is 0.593. The van der Waals surface area contributed by atoms with E-state index in [1.54, 1.807) is 0 Å². The number of alkyl halides is 1. The minimum Gasteiger partial charge on any atom is -0.332 e. The van der Waals surface area contributed by atoms with Gasteiger partial charge in [-0.25, -0.2) is 4.98 Å². The molecule has 1 atom stereocenters. The molecule has 1 aromatic heterocycles. The van der Waals surface area contributed by atoms with Gasteiger partial charge in [-0.1, -0.05) is 22.6 Å². The lowest BCUT2D eigenvalue weighted by Crippen LogP contribution is -2.05. The highest BCUT2D eigenvalue weighted by Crippen LogP contribution is 2.22. The largest absolute Gasteiger partial charge is 0.332 e. The van der Waals surface area contributed by atoms with Crippen molar-refractivity contribution >= 4 is 22.6 Å². The molecule has 11 heavy (non-hydrogen) atoms. The SMILES string of the molecule is CC(C)n1ccnc1[C@@H](C)I. The summed E-state index contributed by atoms with van der Waals surface area (Å²) < 4.78 is 2.70. The van der Waals surface area contributed by atoms with Crippen molar-refractivity contribution in [3.05, 3.63) is 18.2 Å². The Kier molecular flexibility index (Phi) is 2.92. The molecule has 1 heterocycles. The lowest BCUT2D eigenvalue weighted by atomic mass is 10.3. The summed E-state index contributed by atoms with van der Waals surface area (Å²) in [7, 11) is 0. The Balaban J connectivity index is 2.96. The lowest BCUT2D eigenvalue weighted by molar-refractivity contribution is 0.572. The molecular weight excluding hydrogens is 251 g/mol. The number of aromatic nitrogens is 2. The molecule has 1 rings (SSSR count). The van der Waals surface area contributed by atoms with Crippen molar-refractivity contribution in [3.8, 4) is 0 Å². The summed E-state index contributed by atoms with van der Waals surface area (Å²) in [5.41, 5.74) is 0. The normalized spacial score (nSPS) is 13.9. The van der Waals surface area contributed by atoms with E-state index in [0.717, 1.165) is 0 Å². The Morgan fingerprint density at radius 2 is 2.09 bits per heavy atom. The lowest BCUT2D eigenvalue weighted by Gasteiger charge is -2.12. The van der Waals surface area contributed by atoms with E-state index in [1.165, 1.54) is 5.82 Å². The first kappa shape index (κ1) is 9.03. The average molecular weight is 264 g/mol. The molecule has 0 saturated carbocycles. The molecule has 0 N–H and O–H groups in total. The van der Waals surface area contributed by atoms with Crippen LogP contribution in [0.4, 0.5) is 0 Å². The van der Waals surface area contributed by atoms with Crippen LogP contribution in [0.1, 0.15) is 36.6 Å². The summed E-state index contributed by atoms with van der Waals surface area (Å²) in [5.74, 6) is 1.17. The van der Waals surface area contributed by atoms with Crippen molar-refractivity contribution in [3.63, 3.8) is 0 Å². The fourth-order valence-corrected chi connectivity index (χ4v) is 1.55. The number of nitrogens with zero attached hydrogens (tertiary/aromatic N) is 2. The van der Waals surface area contributed by atoms with Gasteiger partial charge >= 0.3 is 0 Å². The highest BCUT2D eigenvalue weighted by atomic mass is 127. The van der Waals surface area contributed by atoms with Crippen molar-refractivity contribution in [2.75, 3.05) is 0 Å². The van der Waals surface area contributed by atoms with Gasteiger partial charge in [0, 0.05) is 18.4 Å². The third-order valence-electron chi connectivity index (χ3n) is 1.61. The molecule has 0 aliphatic heterocycles. The molecule has 0 aliphatic rings. The number of rotatable bonds is 2. The van der Waals surface area contributed by atoms with E-state index in [1.807, 2.05) is 12.4 Å². The number of halogens is 1. The van der Waals surface area contributed by atoms with Gasteiger partial charge in [-0.3, -0.25) is 0 Å². The topological polar surface area (TPSA) is 17.8 Å². The molecule has 3 heteroatoms. The predicted octanol–water partition coefficient (Wildman–Crippen LogP) is 2.96. The zero-order valence-electron chi connectivity index (χ0n) is 7.08. The molecule has 62 valence electrons. The second-order valence-electron chi connectivity index (χ2n) is 2.90. The van der Waals surface area contributed by atoms with E-state index >= 15 is 0 Å². The van der Waals surface area contributed by atoms with Gasteiger partial charge in [-0.05, 0) is 20.8 Å². The number of hydrogen-bond donors (Lipinski definition) is 0. The monoisotopic (exact) mass is 264 g/mol. The zero-order valence-corrected chi connectivity index (χ0v) is 9.24. The van der Waals surface area contributed by atoms with Crippen molar-refractivity contribution in [2.45, 2.75) is 30.7 Å². The fraction of sp³-hybridized carbons (Fsp3) is 0.625. The van der Waals surface area contributed by atoms with Gasteiger partial charge in [-0.15, -0.1) is 0 Å². The summed E-state index contributed by atoms with van der Waals surface area (Å²) >= 11 is 2.38. The van der Waals surface area contributed by atoms with Crippen LogP contribution in [0, 0.1) is 0 Å². The van der Waals surface area contributed by atoms with Gasteiger partial charge < -0.3 is 4.57 Å². The van der Waals surface area contributed by atoms with Crippen LogP contribution in [-0.2, 0) is 0 Å². The molecule has 0 spiro atoms. The van der Waals surface area contributed by atoms with Crippen LogP contribution in [0.3, 0.4) is 0 Å². The second-order valence-corrected chi connectivity index (χ2v) is 4.77. The van der Waals surface area contributed by atoms with Crippen LogP contribution >= 0.6 is 22.6 Å². The predicted molar refractivity (Wildman–Crippen MR) is 55.0 cm³/mol. The molecule has 0 aromatic carbocycles. The molecule has 0 aliphatic carbocycles. The third-order valence-corrected chi connectivity index (χ3v) is 2.17. The number of hydrogen-bond acceptors (Lipinski definition) is 1. The van der Waals surface area contributed by atoms with E-state index in [4.69, 9.17) is 0 Å². The fourth-order valence-electron chi connectivity index (χ4n) is 1.07. The molecule has 1 aromatic rings. The van der Waals surface area contributed by atoms with Crippen LogP contribution in [0.2, 0.25) is 0 Å². The molecule has 0 saturated heterocycles. The molecule has 2 nitrogen and oxygen atoms in total. The standard InChI is InChI=1S/C8H13IN2/c1-6(2)11-5-4-10-8(11)7(3)9/h4-7H,1-3H3/t7-/m1/s1. The van der Waals surface area contributed by atoms with E-state index in [-0.39, 0.29) is 0 Å². The van der Waals surface area contributed by atoms with E-state index in [0.29, 0.717) is 9.97 Å². The second kappa shape index (κ2) is 3.56. The Morgan fingerprint density at radius 1 is 1.45 bits per heavy atom. The van der Waals surface area contributed by atoms with E-state index in [2.05, 4.69) is 52.9 Å². The molecular formula is C8H13IN2. The van der Waals surface area contributed by atoms with Crippen LogP contribution in [0.15, 0.2) is 12.4 Å². The Morgan fingerprint density at radius 3 is 2.45 bits per heavy atom. The van der Waals surface area contributed by atoms with Gasteiger partial charge in [0.15, 0.2) is 0 Å². The Hall–Kier alpha value is -0.0600. The smallest absolute Gasteiger partial charge is 0.121 e. The minimum absolute atomic E-state index is 0.491. The van der Waals surface area contributed by atoms with Gasteiger partial charge in [0.25, 0.3) is 0 Å². The van der Waals surface area contributed by atoms with Gasteiger partial charge in [0.05, 0.1) is 3.92 Å². The zero-order chi connectivity index (χ0) is 8.43. The summed E-state index contributed by atoms with van der Waals surface area (Å²) in [6.07, 6.45) is 3.90. The van der Waals surface area contributed by atoms with Gasteiger partial charge in [0.2, 0.25) is 0 Å². The van der Waals surface area contributed by atoms with Crippen LogP contribution < -0.4 is 0 Å². The number of imidazole rings is 1. The van der Waals surface area contributed by atoms with Crippen LogP contribution in [0.25, 0.3) is 0 Å². The minimum atomic E-state index is 0.491. The van der Waals surface area contributed by atoms with Crippen molar-refractivity contribution in [2.24, 2.45) is 0 Å². The van der Waals surface area contributed by atoms with E-state index in [9.17, 15) is 0 Å². The molecule has 0 radical (unpaired) electrons. The maximum absolute atomic E-state index is 4.29. The maximum Gasteiger partial charge on any atom is 0.121 e. The Bertz CT molecular complexity index is 205. The molecule has 0 fully saturated rings. The highest BCUT2D eigenvalue weighted by Gasteiger charge is 2.09. The van der Waals surface area contributed by atoms with E-state index < -0.39 is 0 Å². The summed E-state index contributed by atoms with van der Waals surface area (Å²) in [6, 6.07) is 0.518. The summed E-state index contributed by atoms with van der Waals surface area (Å²) in [4.78, 5) is 4.29. The third kappa shape index (κ3) is 1.95. The van der Waals surface area contributed by atoms with Gasteiger partial charge in [-0.2, -0.15) is 0 Å². The first-order valence-corrected chi connectivity index (χ1v) is 5.04. The van der Waals surface area contributed by atoms with Crippen molar-refractivity contribution in [1.82, 2.24) is 9.55 Å². The molecule has 0 unspecified atom stereocenters.